The number of thioether (sulfide) groups is 1. The lowest BCUT2D eigenvalue weighted by Crippen LogP contribution is -2.50. The number of hydrogen-bond donors (Lipinski definition) is 1. The lowest BCUT2D eigenvalue weighted by molar-refractivity contribution is -0.137. The summed E-state index contributed by atoms with van der Waals surface area (Å²) in [6, 6.07) is 9.96. The number of nitrogens with zero attached hydrogens (tertiary/aromatic N) is 3. The fraction of sp³-hybridized carbons (Fsp3) is 0.341. The maximum atomic E-state index is 15.2. The van der Waals surface area contributed by atoms with Gasteiger partial charge in [0.2, 0.25) is 5.91 Å². The lowest BCUT2D eigenvalue weighted by Gasteiger charge is -2.40. The molecule has 1 atom stereocenters. The molecule has 1 fully saturated rings. The number of fused-ring (bicyclic) bond motifs is 1. The van der Waals surface area contributed by atoms with E-state index in [9.17, 15) is 25.4 Å². The highest BCUT2D eigenvalue weighted by Crippen LogP contribution is 2.41. The Hall–Kier alpha value is -4.23. The summed E-state index contributed by atoms with van der Waals surface area (Å²) in [5, 5.41) is 10.7. The topological polar surface area (TPSA) is 56.3 Å². The Balaban J connectivity index is 1.45. The number of piperidine rings is 1. The molecular weight excluding hydrogens is 710 g/mol. The first kappa shape index (κ1) is 27.4. The molecule has 2 heterocycles. The van der Waals surface area contributed by atoms with Gasteiger partial charge in [-0.2, -0.15) is 13.2 Å². The van der Waals surface area contributed by atoms with Crippen molar-refractivity contribution in [2.45, 2.75) is 50.3 Å². The predicted molar refractivity (Wildman–Crippen MR) is 198 cm³/mol. The first-order valence-corrected chi connectivity index (χ1v) is 17.4. The molecular formula is C41H42F5N3O3S. The minimum Gasteiger partial charge on any atom is -0.384 e. The van der Waals surface area contributed by atoms with Gasteiger partial charge in [-0.15, -0.1) is 11.8 Å². The molecule has 1 N–H and O–H groups in total. The Kier molecular flexibility index (Phi) is 8.70. The molecule has 0 spiro atoms. The normalized spacial score (nSPS) is 20.5. The molecule has 1 amide bonds. The molecule has 1 unspecified atom stereocenters. The third-order valence-corrected chi connectivity index (χ3v) is 9.68. The SMILES string of the molecule is [2H]C1=C(SC([2H])([2H])c2cccc(F)c2F)N(C([2H])([2H])C(=O)N(Cc2ccc(-c3ccc(C(F)(F)F)cc3)cc2)C2CCN(CC([2H])([2H])OC)CC2)c2c([2H])c([2H])c(C)c([2H])c2C1O. The largest absolute Gasteiger partial charge is 0.416 e. The molecule has 1 saturated heterocycles. The summed E-state index contributed by atoms with van der Waals surface area (Å²) in [6.45, 7) is -4.08. The third kappa shape index (κ3) is 9.29. The van der Waals surface area contributed by atoms with Crippen LogP contribution < -0.4 is 4.90 Å². The molecule has 0 radical (unpaired) electrons. The molecule has 280 valence electrons. The lowest BCUT2D eigenvalue weighted by atomic mass is 9.99. The van der Waals surface area contributed by atoms with Crippen LogP contribution in [0.5, 0.6) is 0 Å². The van der Waals surface area contributed by atoms with Crippen LogP contribution in [0, 0.1) is 18.6 Å². The molecule has 12 heteroatoms. The van der Waals surface area contributed by atoms with E-state index in [0.717, 1.165) is 30.3 Å². The minimum atomic E-state index is -4.54. The Morgan fingerprint density at radius 1 is 1.04 bits per heavy atom. The third-order valence-electron chi connectivity index (χ3n) is 8.87. The number of likely N-dealkylation sites (tertiary alicyclic amines) is 1. The van der Waals surface area contributed by atoms with Crippen molar-refractivity contribution in [1.29, 1.82) is 0 Å². The quantitative estimate of drug-likeness (QED) is 0.146. The van der Waals surface area contributed by atoms with E-state index < -0.39 is 106 Å². The molecule has 2 aliphatic rings. The van der Waals surface area contributed by atoms with Gasteiger partial charge in [0.25, 0.3) is 0 Å². The minimum absolute atomic E-state index is 0.0364. The summed E-state index contributed by atoms with van der Waals surface area (Å²) < 4.78 is 163. The summed E-state index contributed by atoms with van der Waals surface area (Å²) >= 11 is -0.0364. The number of amides is 1. The van der Waals surface area contributed by atoms with Gasteiger partial charge in [0.15, 0.2) is 11.6 Å². The molecule has 53 heavy (non-hydrogen) atoms. The van der Waals surface area contributed by atoms with Gasteiger partial charge in [0.1, 0.15) is 12.6 Å². The maximum Gasteiger partial charge on any atom is 0.416 e. The summed E-state index contributed by atoms with van der Waals surface area (Å²) in [6.07, 6.45) is -6.29. The summed E-state index contributed by atoms with van der Waals surface area (Å²) in [4.78, 5) is 18.6. The van der Waals surface area contributed by atoms with Crippen LogP contribution >= 0.6 is 11.8 Å². The van der Waals surface area contributed by atoms with Gasteiger partial charge in [-0.1, -0.05) is 66.2 Å². The van der Waals surface area contributed by atoms with Gasteiger partial charge in [0.05, 0.1) is 28.1 Å². The first-order chi connectivity index (χ1) is 29.3. The van der Waals surface area contributed by atoms with Crippen molar-refractivity contribution in [2.24, 2.45) is 0 Å². The second-order valence-corrected chi connectivity index (χ2v) is 13.2. The van der Waals surface area contributed by atoms with Crippen molar-refractivity contribution in [1.82, 2.24) is 9.80 Å². The van der Waals surface area contributed by atoms with Crippen LogP contribution in [0.1, 0.15) is 60.5 Å². The molecule has 6 nitrogen and oxygen atoms in total. The van der Waals surface area contributed by atoms with Crippen LogP contribution in [0.25, 0.3) is 11.1 Å². The number of alkyl halides is 3. The van der Waals surface area contributed by atoms with E-state index in [2.05, 4.69) is 0 Å². The van der Waals surface area contributed by atoms with Crippen LogP contribution in [0.4, 0.5) is 27.6 Å². The molecule has 0 bridgehead atoms. The Morgan fingerprint density at radius 2 is 1.72 bits per heavy atom. The van der Waals surface area contributed by atoms with Gasteiger partial charge in [-0.3, -0.25) is 4.79 Å². The average Bonchev–Trinajstić information content (AvgIpc) is 3.23. The average molecular weight is 762 g/mol. The molecule has 2 aliphatic heterocycles. The summed E-state index contributed by atoms with van der Waals surface area (Å²) in [5.74, 6) is -4.31. The standard InChI is InChI=1S/C41H42F5N3O3S/c1-27-6-15-36-34(22-27)37(50)23-39(53-26-31-4-3-5-35(42)40(31)43)49(36)25-38(51)48(33-16-18-47(19-17-33)20-21-52-2)24-28-7-9-29(10-8-28)30-11-13-32(14-12-30)41(44,45)46/h3-15,22-23,33,37,50H,16-21,24-26H2,1-2H3/i6D,15D,21D2,22D,23D,25D2,26D2. The number of carbonyl (C=O) groups excluding carboxylic acids is 1. The molecule has 6 rings (SSSR count). The Labute approximate surface area is 324 Å². The van der Waals surface area contributed by atoms with Crippen molar-refractivity contribution in [3.63, 3.8) is 0 Å². The van der Waals surface area contributed by atoms with E-state index in [1.807, 2.05) is 0 Å². The van der Waals surface area contributed by atoms with Crippen LogP contribution in [0.2, 0.25) is 0 Å². The number of aliphatic hydroxyl groups is 1. The van der Waals surface area contributed by atoms with E-state index >= 15 is 9.18 Å². The number of aliphatic hydroxyl groups excluding tert-OH is 1. The number of rotatable bonds is 12. The number of methoxy groups -OCH3 is 1. The smallest absolute Gasteiger partial charge is 0.384 e. The first-order valence-electron chi connectivity index (χ1n) is 21.6. The number of benzene rings is 4. The van der Waals surface area contributed by atoms with Crippen molar-refractivity contribution in [3.05, 3.63) is 135 Å². The maximum absolute atomic E-state index is 15.2. The second-order valence-electron chi connectivity index (χ2n) is 12.4. The zero-order valence-electron chi connectivity index (χ0n) is 38.7. The summed E-state index contributed by atoms with van der Waals surface area (Å²) in [5.41, 5.74) is -4.60. The van der Waals surface area contributed by atoms with E-state index in [-0.39, 0.29) is 56.3 Å². The Morgan fingerprint density at radius 3 is 2.38 bits per heavy atom. The van der Waals surface area contributed by atoms with Crippen molar-refractivity contribution in [3.8, 4) is 11.1 Å². The van der Waals surface area contributed by atoms with E-state index in [4.69, 9.17) is 15.7 Å². The van der Waals surface area contributed by atoms with Crippen LogP contribution in [0.15, 0.2) is 95.9 Å². The van der Waals surface area contributed by atoms with Gasteiger partial charge >= 0.3 is 6.18 Å². The summed E-state index contributed by atoms with van der Waals surface area (Å²) in [7, 11) is 1.22. The molecule has 4 aromatic carbocycles. The fourth-order valence-electron chi connectivity index (χ4n) is 6.03. The van der Waals surface area contributed by atoms with E-state index in [1.54, 1.807) is 29.2 Å². The highest BCUT2D eigenvalue weighted by atomic mass is 32.2. The Bertz CT molecular complexity index is 2400. The van der Waals surface area contributed by atoms with Crippen LogP contribution in [-0.4, -0.2) is 66.7 Å². The van der Waals surface area contributed by atoms with Gasteiger partial charge in [-0.05, 0) is 66.7 Å². The zero-order valence-corrected chi connectivity index (χ0v) is 29.5. The van der Waals surface area contributed by atoms with Gasteiger partial charge in [0, 0.05) is 64.6 Å². The number of carbonyl (C=O) groups is 1. The van der Waals surface area contributed by atoms with Crippen molar-refractivity contribution < 1.29 is 50.3 Å². The van der Waals surface area contributed by atoms with Crippen LogP contribution in [-0.2, 0) is 28.0 Å². The fourth-order valence-corrected chi connectivity index (χ4v) is 6.80. The van der Waals surface area contributed by atoms with Crippen LogP contribution in [0.3, 0.4) is 0 Å². The molecule has 4 aromatic rings. The molecule has 0 aromatic heterocycles. The molecule has 0 saturated carbocycles. The monoisotopic (exact) mass is 761 g/mol. The second kappa shape index (κ2) is 16.8. The van der Waals surface area contributed by atoms with Gasteiger partial charge < -0.3 is 24.5 Å². The number of anilines is 1. The van der Waals surface area contributed by atoms with Crippen molar-refractivity contribution >= 4 is 23.4 Å². The van der Waals surface area contributed by atoms with E-state index in [1.165, 1.54) is 31.1 Å². The molecule has 0 aliphatic carbocycles. The predicted octanol–water partition coefficient (Wildman–Crippen LogP) is 8.73. The van der Waals surface area contributed by atoms with Crippen molar-refractivity contribution in [2.75, 3.05) is 44.7 Å². The van der Waals surface area contributed by atoms with E-state index in [0.29, 0.717) is 21.6 Å². The van der Waals surface area contributed by atoms with Gasteiger partial charge in [-0.25, -0.2) is 8.78 Å². The highest BCUT2D eigenvalue weighted by molar-refractivity contribution is 8.02. The number of hydrogen-bond acceptors (Lipinski definition) is 6. The number of halogens is 5. The zero-order chi connectivity index (χ0) is 46.6. The number of ether oxygens (including phenoxy) is 1. The highest BCUT2D eigenvalue weighted by Gasteiger charge is 2.33.